The van der Waals surface area contributed by atoms with Crippen LogP contribution in [0.1, 0.15) is 33.6 Å². The highest BCUT2D eigenvalue weighted by Gasteiger charge is 2.25. The summed E-state index contributed by atoms with van der Waals surface area (Å²) in [6.45, 7) is 6.33. The number of nitrogens with zero attached hydrogens (tertiary/aromatic N) is 1. The minimum Gasteiger partial charge on any atom is -0.444 e. The lowest BCUT2D eigenvalue weighted by molar-refractivity contribution is 0.0247. The number of ether oxygens (including phenoxy) is 1. The summed E-state index contributed by atoms with van der Waals surface area (Å²) < 4.78 is 35.3. The monoisotopic (exact) mass is 291 g/mol. The average Bonchev–Trinajstić information content (AvgIpc) is 2.23. The molecule has 7 heteroatoms. The first kappa shape index (κ1) is 16.0. The average molecular weight is 291 g/mol. The fraction of sp³-hybridized carbons (Fsp3) is 0.750. The van der Waals surface area contributed by atoms with Gasteiger partial charge in [-0.25, -0.2) is 4.79 Å². The smallest absolute Gasteiger partial charge is 0.410 e. The first-order chi connectivity index (χ1) is 8.57. The molecule has 0 radical (unpaired) electrons. The number of rotatable bonds is 2. The van der Waals surface area contributed by atoms with Crippen molar-refractivity contribution >= 4 is 16.2 Å². The van der Waals surface area contributed by atoms with E-state index < -0.39 is 27.6 Å². The Balaban J connectivity index is 2.62. The summed E-state index contributed by atoms with van der Waals surface area (Å²) in [5, 5.41) is 0. The number of likely N-dealkylation sites (tertiary alicyclic amines) is 1. The lowest BCUT2D eigenvalue weighted by Gasteiger charge is -2.31. The van der Waals surface area contributed by atoms with Crippen LogP contribution in [0.15, 0.2) is 11.6 Å². The highest BCUT2D eigenvalue weighted by Crippen LogP contribution is 2.18. The largest absolute Gasteiger partial charge is 0.444 e. The Morgan fingerprint density at radius 3 is 2.63 bits per heavy atom. The Hall–Kier alpha value is -1.08. The lowest BCUT2D eigenvalue weighted by atomic mass is 10.1. The number of carbonyl (C=O) groups is 1. The first-order valence-electron chi connectivity index (χ1n) is 6.18. The van der Waals surface area contributed by atoms with Crippen LogP contribution in [-0.2, 0) is 14.9 Å². The molecule has 1 amide bonds. The molecule has 0 unspecified atom stereocenters. The van der Waals surface area contributed by atoms with E-state index in [0.717, 1.165) is 18.4 Å². The maximum absolute atomic E-state index is 11.9. The molecule has 0 spiro atoms. The van der Waals surface area contributed by atoms with E-state index >= 15 is 0 Å². The van der Waals surface area contributed by atoms with Crippen LogP contribution in [0.5, 0.6) is 0 Å². The molecule has 0 atom stereocenters. The van der Waals surface area contributed by atoms with Gasteiger partial charge in [0.05, 0.1) is 5.75 Å². The quantitative estimate of drug-likeness (QED) is 0.620. The summed E-state index contributed by atoms with van der Waals surface area (Å²) in [6.07, 6.45) is 2.56. The van der Waals surface area contributed by atoms with E-state index in [1.165, 1.54) is 6.08 Å². The summed E-state index contributed by atoms with van der Waals surface area (Å²) in [6, 6.07) is 0. The summed E-state index contributed by atoms with van der Waals surface area (Å²) in [7, 11) is -4.00. The number of carbonyl (C=O) groups excluding carboxylic acids is 1. The van der Waals surface area contributed by atoms with Gasteiger partial charge in [0.15, 0.2) is 0 Å². The maximum Gasteiger partial charge on any atom is 0.410 e. The molecule has 1 saturated heterocycles. The Morgan fingerprint density at radius 2 is 2.11 bits per heavy atom. The second-order valence-electron chi connectivity index (χ2n) is 5.62. The Bertz CT molecular complexity index is 461. The zero-order chi connectivity index (χ0) is 14.7. The minimum absolute atomic E-state index is 0.352. The number of amides is 1. The summed E-state index contributed by atoms with van der Waals surface area (Å²) in [4.78, 5) is 13.4. The van der Waals surface area contributed by atoms with E-state index in [1.807, 2.05) is 0 Å². The normalized spacial score (nSPS) is 19.6. The molecule has 0 aromatic carbocycles. The zero-order valence-corrected chi connectivity index (χ0v) is 12.4. The van der Waals surface area contributed by atoms with Gasteiger partial charge in [-0.15, -0.1) is 0 Å². The van der Waals surface area contributed by atoms with Crippen molar-refractivity contribution < 1.29 is 22.5 Å². The molecule has 1 rings (SSSR count). The van der Waals surface area contributed by atoms with Crippen LogP contribution >= 0.6 is 0 Å². The minimum atomic E-state index is -4.00. The third-order valence-corrected chi connectivity index (χ3v) is 3.14. The molecule has 1 aliphatic rings. The molecule has 1 N–H and O–H groups in total. The molecular weight excluding hydrogens is 270 g/mol. The van der Waals surface area contributed by atoms with Crippen molar-refractivity contribution in [2.45, 2.75) is 39.2 Å². The van der Waals surface area contributed by atoms with E-state index in [-0.39, 0.29) is 0 Å². The van der Waals surface area contributed by atoms with Crippen LogP contribution in [-0.4, -0.2) is 48.4 Å². The molecular formula is C12H21NO5S. The van der Waals surface area contributed by atoms with E-state index in [1.54, 1.807) is 25.7 Å². The van der Waals surface area contributed by atoms with E-state index in [2.05, 4.69) is 0 Å². The van der Waals surface area contributed by atoms with Gasteiger partial charge in [-0.1, -0.05) is 11.6 Å². The Kier molecular flexibility index (Phi) is 4.98. The van der Waals surface area contributed by atoms with Gasteiger partial charge in [-0.05, 0) is 33.6 Å². The predicted molar refractivity (Wildman–Crippen MR) is 71.5 cm³/mol. The Morgan fingerprint density at radius 1 is 1.47 bits per heavy atom. The van der Waals surface area contributed by atoms with Crippen LogP contribution in [0.25, 0.3) is 0 Å². The van der Waals surface area contributed by atoms with Crippen molar-refractivity contribution in [3.8, 4) is 0 Å². The van der Waals surface area contributed by atoms with Gasteiger partial charge in [-0.2, -0.15) is 8.42 Å². The van der Waals surface area contributed by atoms with Crippen molar-refractivity contribution in [3.05, 3.63) is 11.6 Å². The van der Waals surface area contributed by atoms with Crippen LogP contribution in [0.4, 0.5) is 4.79 Å². The molecule has 0 saturated carbocycles. The standard InChI is InChI=1S/C12H21NO5S/c1-12(2,3)18-11(14)13-7-4-5-10(9-13)6-8-19(15,16)17/h6H,4-5,7-9H2,1-3H3,(H,15,16,17)/b10-6+. The van der Waals surface area contributed by atoms with Gasteiger partial charge in [0.2, 0.25) is 0 Å². The fourth-order valence-corrected chi connectivity index (χ4v) is 2.22. The van der Waals surface area contributed by atoms with Gasteiger partial charge in [-0.3, -0.25) is 4.55 Å². The van der Waals surface area contributed by atoms with Crippen molar-refractivity contribution in [3.63, 3.8) is 0 Å². The molecule has 0 aromatic heterocycles. The topological polar surface area (TPSA) is 83.9 Å². The molecule has 1 aliphatic heterocycles. The third kappa shape index (κ3) is 6.58. The number of piperidine rings is 1. The number of hydrogen-bond donors (Lipinski definition) is 1. The lowest BCUT2D eigenvalue weighted by Crippen LogP contribution is -2.40. The van der Waals surface area contributed by atoms with Crippen molar-refractivity contribution in [1.82, 2.24) is 4.90 Å². The van der Waals surface area contributed by atoms with E-state index in [0.29, 0.717) is 13.1 Å². The van der Waals surface area contributed by atoms with E-state index in [4.69, 9.17) is 9.29 Å². The SMILES string of the molecule is CC(C)(C)OC(=O)N1CCC/C(=C\CS(=O)(=O)O)C1. The molecule has 19 heavy (non-hydrogen) atoms. The summed E-state index contributed by atoms with van der Waals surface area (Å²) in [5.41, 5.74) is 0.280. The molecule has 0 aromatic rings. The predicted octanol–water partition coefficient (Wildman–Crippen LogP) is 1.83. The van der Waals surface area contributed by atoms with Crippen LogP contribution in [0, 0.1) is 0 Å². The highest BCUT2D eigenvalue weighted by atomic mass is 32.2. The van der Waals surface area contributed by atoms with Crippen molar-refractivity contribution in [2.75, 3.05) is 18.8 Å². The summed E-state index contributed by atoms with van der Waals surface area (Å²) in [5.74, 6) is -0.412. The van der Waals surface area contributed by atoms with Crippen molar-refractivity contribution in [2.24, 2.45) is 0 Å². The highest BCUT2D eigenvalue weighted by molar-refractivity contribution is 7.85. The second-order valence-corrected chi connectivity index (χ2v) is 7.11. The van der Waals surface area contributed by atoms with Gasteiger partial charge in [0, 0.05) is 13.1 Å². The van der Waals surface area contributed by atoms with Crippen LogP contribution in [0.2, 0.25) is 0 Å². The van der Waals surface area contributed by atoms with Gasteiger partial charge in [0.1, 0.15) is 5.60 Å². The summed E-state index contributed by atoms with van der Waals surface area (Å²) >= 11 is 0. The van der Waals surface area contributed by atoms with Gasteiger partial charge >= 0.3 is 6.09 Å². The first-order valence-corrected chi connectivity index (χ1v) is 7.79. The van der Waals surface area contributed by atoms with E-state index in [9.17, 15) is 13.2 Å². The zero-order valence-electron chi connectivity index (χ0n) is 11.5. The maximum atomic E-state index is 11.9. The fourth-order valence-electron chi connectivity index (χ4n) is 1.77. The van der Waals surface area contributed by atoms with Gasteiger partial charge in [0.25, 0.3) is 10.1 Å². The third-order valence-electron chi connectivity index (χ3n) is 2.55. The molecule has 0 aliphatic carbocycles. The van der Waals surface area contributed by atoms with Gasteiger partial charge < -0.3 is 9.64 Å². The second kappa shape index (κ2) is 5.92. The molecule has 6 nitrogen and oxygen atoms in total. The van der Waals surface area contributed by atoms with Crippen LogP contribution < -0.4 is 0 Å². The molecule has 1 heterocycles. The molecule has 1 fully saturated rings. The molecule has 0 bridgehead atoms. The Labute approximate surface area is 114 Å². The van der Waals surface area contributed by atoms with Crippen LogP contribution in [0.3, 0.4) is 0 Å². The van der Waals surface area contributed by atoms with Crippen molar-refractivity contribution in [1.29, 1.82) is 0 Å². The molecule has 110 valence electrons. The number of hydrogen-bond acceptors (Lipinski definition) is 4.